The molecule has 1 spiro atoms. The second-order valence-electron chi connectivity index (χ2n) is 7.53. The zero-order valence-electron chi connectivity index (χ0n) is 15.2. The summed E-state index contributed by atoms with van der Waals surface area (Å²) in [5.74, 6) is -2.94. The molecule has 14 heteroatoms. The molecule has 1 aromatic heterocycles. The van der Waals surface area contributed by atoms with Gasteiger partial charge in [-0.2, -0.15) is 30.6 Å². The summed E-state index contributed by atoms with van der Waals surface area (Å²) in [6.07, 6.45) is -8.28. The van der Waals surface area contributed by atoms with E-state index in [1.54, 1.807) is 0 Å². The third-order valence-electron chi connectivity index (χ3n) is 5.02. The number of pyridine rings is 1. The standard InChI is InChI=1S/C14H16F3N3O2S.C2HF3O2/c15-14(16,17)11-4-3-10(12(19-11)9-1-2-9)23(21,22)20-7-13(8-20)5-18-6-13;3-2(4,5)1(6)7/h3-4,9,18H,1-2,5-8H2;(H,6,7). The zero-order valence-corrected chi connectivity index (χ0v) is 16.0. The Labute approximate surface area is 167 Å². The van der Waals surface area contributed by atoms with Crippen molar-refractivity contribution in [1.29, 1.82) is 0 Å². The number of nitrogens with zero attached hydrogens (tertiary/aromatic N) is 2. The number of nitrogens with one attached hydrogen (secondary N) is 1. The van der Waals surface area contributed by atoms with Crippen LogP contribution in [-0.2, 0) is 21.0 Å². The Morgan fingerprint density at radius 1 is 1.13 bits per heavy atom. The van der Waals surface area contributed by atoms with Gasteiger partial charge in [-0.05, 0) is 25.0 Å². The van der Waals surface area contributed by atoms with Crippen LogP contribution in [0.25, 0.3) is 0 Å². The number of aromatic nitrogens is 1. The smallest absolute Gasteiger partial charge is 0.475 e. The Kier molecular flexibility index (Phi) is 5.56. The van der Waals surface area contributed by atoms with Crippen LogP contribution in [0.5, 0.6) is 0 Å². The first-order valence-electron chi connectivity index (χ1n) is 8.75. The minimum absolute atomic E-state index is 0.0200. The molecule has 2 N–H and O–H groups in total. The van der Waals surface area contributed by atoms with Gasteiger partial charge in [0.05, 0.1) is 5.69 Å². The molecule has 0 bridgehead atoms. The molecule has 1 aliphatic carbocycles. The topological polar surface area (TPSA) is 99.6 Å². The van der Waals surface area contributed by atoms with E-state index in [1.807, 2.05) is 0 Å². The molecule has 0 unspecified atom stereocenters. The molecule has 2 aliphatic heterocycles. The van der Waals surface area contributed by atoms with E-state index in [4.69, 9.17) is 9.90 Å². The predicted octanol–water partition coefficient (Wildman–Crippen LogP) is 2.21. The van der Waals surface area contributed by atoms with Gasteiger partial charge in [-0.25, -0.2) is 18.2 Å². The van der Waals surface area contributed by atoms with Crippen LogP contribution in [0.1, 0.15) is 30.1 Å². The van der Waals surface area contributed by atoms with Crippen LogP contribution in [0.3, 0.4) is 0 Å². The van der Waals surface area contributed by atoms with E-state index < -0.39 is 34.0 Å². The first-order chi connectivity index (χ1) is 13.7. The molecule has 3 fully saturated rings. The summed E-state index contributed by atoms with van der Waals surface area (Å²) in [4.78, 5) is 12.5. The van der Waals surface area contributed by atoms with E-state index in [2.05, 4.69) is 10.3 Å². The highest BCUT2D eigenvalue weighted by Crippen LogP contribution is 2.45. The molecular weight excluding hydrogens is 444 g/mol. The largest absolute Gasteiger partial charge is 0.490 e. The summed E-state index contributed by atoms with van der Waals surface area (Å²) in [6.45, 7) is 2.43. The van der Waals surface area contributed by atoms with Gasteiger partial charge in [0.2, 0.25) is 10.0 Å². The van der Waals surface area contributed by atoms with Crippen molar-refractivity contribution in [3.05, 3.63) is 23.5 Å². The lowest BCUT2D eigenvalue weighted by Gasteiger charge is -2.55. The van der Waals surface area contributed by atoms with E-state index >= 15 is 0 Å². The minimum atomic E-state index is -5.08. The van der Waals surface area contributed by atoms with Crippen LogP contribution in [0.2, 0.25) is 0 Å². The lowest BCUT2D eigenvalue weighted by atomic mass is 9.76. The maximum absolute atomic E-state index is 12.8. The number of carboxylic acid groups (broad SMARTS) is 1. The average Bonchev–Trinajstić information content (AvgIpc) is 3.35. The second-order valence-corrected chi connectivity index (χ2v) is 9.44. The van der Waals surface area contributed by atoms with Gasteiger partial charge in [-0.1, -0.05) is 0 Å². The molecule has 4 rings (SSSR count). The third-order valence-corrected chi connectivity index (χ3v) is 6.86. The summed E-state index contributed by atoms with van der Waals surface area (Å²) >= 11 is 0. The van der Waals surface area contributed by atoms with Gasteiger partial charge < -0.3 is 10.4 Å². The number of alkyl halides is 6. The number of halogens is 6. The molecule has 3 heterocycles. The van der Waals surface area contributed by atoms with E-state index in [0.29, 0.717) is 25.9 Å². The molecule has 3 aliphatic rings. The van der Waals surface area contributed by atoms with E-state index in [1.165, 1.54) is 4.31 Å². The summed E-state index contributed by atoms with van der Waals surface area (Å²) in [6, 6.07) is 1.84. The van der Waals surface area contributed by atoms with Crippen molar-refractivity contribution in [2.24, 2.45) is 5.41 Å². The third kappa shape index (κ3) is 4.54. The Hall–Kier alpha value is -1.93. The number of hydrogen-bond donors (Lipinski definition) is 2. The van der Waals surface area contributed by atoms with Crippen molar-refractivity contribution in [3.8, 4) is 0 Å². The second kappa shape index (κ2) is 7.34. The average molecular weight is 461 g/mol. The molecule has 1 saturated carbocycles. The molecule has 0 aromatic carbocycles. The number of hydrogen-bond acceptors (Lipinski definition) is 5. The summed E-state index contributed by atoms with van der Waals surface area (Å²) in [7, 11) is -3.77. The predicted molar refractivity (Wildman–Crippen MR) is 89.0 cm³/mol. The van der Waals surface area contributed by atoms with Gasteiger partial charge in [-0.3, -0.25) is 0 Å². The van der Waals surface area contributed by atoms with E-state index in [9.17, 15) is 34.8 Å². The monoisotopic (exact) mass is 461 g/mol. The van der Waals surface area contributed by atoms with Crippen molar-refractivity contribution >= 4 is 16.0 Å². The Balaban J connectivity index is 0.000000318. The SMILES string of the molecule is O=C(O)C(F)(F)F.O=S(=O)(c1ccc(C(F)(F)F)nc1C1CC1)N1CC2(CNC2)C1. The lowest BCUT2D eigenvalue weighted by Crippen LogP contribution is -2.71. The molecule has 168 valence electrons. The Morgan fingerprint density at radius 3 is 2.03 bits per heavy atom. The highest BCUT2D eigenvalue weighted by atomic mass is 32.2. The van der Waals surface area contributed by atoms with Crippen molar-refractivity contribution < 1.29 is 44.7 Å². The lowest BCUT2D eigenvalue weighted by molar-refractivity contribution is -0.192. The number of carbonyl (C=O) groups is 1. The van der Waals surface area contributed by atoms with Crippen LogP contribution in [0.15, 0.2) is 17.0 Å². The minimum Gasteiger partial charge on any atom is -0.475 e. The van der Waals surface area contributed by atoms with Crippen LogP contribution in [0.4, 0.5) is 26.3 Å². The summed E-state index contributed by atoms with van der Waals surface area (Å²) in [5.41, 5.74) is -0.930. The van der Waals surface area contributed by atoms with Crippen LogP contribution < -0.4 is 5.32 Å². The number of sulfonamides is 1. The van der Waals surface area contributed by atoms with E-state index in [-0.39, 0.29) is 21.9 Å². The van der Waals surface area contributed by atoms with Gasteiger partial charge in [0.1, 0.15) is 10.6 Å². The molecule has 30 heavy (non-hydrogen) atoms. The molecular formula is C16H17F6N3O4S. The molecule has 1 aromatic rings. The highest BCUT2D eigenvalue weighted by Gasteiger charge is 2.52. The number of aliphatic carboxylic acids is 1. The Bertz CT molecular complexity index is 931. The molecule has 0 amide bonds. The van der Waals surface area contributed by atoms with Gasteiger partial charge in [0.25, 0.3) is 0 Å². The van der Waals surface area contributed by atoms with Gasteiger partial charge in [-0.15, -0.1) is 0 Å². The fraction of sp³-hybridized carbons (Fsp3) is 0.625. The first-order valence-corrected chi connectivity index (χ1v) is 10.2. The van der Waals surface area contributed by atoms with Crippen molar-refractivity contribution in [2.75, 3.05) is 26.2 Å². The fourth-order valence-electron chi connectivity index (χ4n) is 3.20. The van der Waals surface area contributed by atoms with Gasteiger partial charge >= 0.3 is 18.3 Å². The quantitative estimate of drug-likeness (QED) is 0.670. The van der Waals surface area contributed by atoms with Crippen molar-refractivity contribution in [2.45, 2.75) is 36.0 Å². The van der Waals surface area contributed by atoms with Crippen LogP contribution in [-0.4, -0.2) is 61.1 Å². The van der Waals surface area contributed by atoms with Gasteiger partial charge in [0.15, 0.2) is 0 Å². The molecule has 7 nitrogen and oxygen atoms in total. The van der Waals surface area contributed by atoms with Crippen molar-refractivity contribution in [1.82, 2.24) is 14.6 Å². The summed E-state index contributed by atoms with van der Waals surface area (Å²) < 4.78 is 97.1. The molecule has 0 atom stereocenters. The number of carboxylic acids is 1. The zero-order chi connectivity index (χ0) is 22.5. The maximum atomic E-state index is 12.8. The fourth-order valence-corrected chi connectivity index (χ4v) is 5.08. The van der Waals surface area contributed by atoms with Crippen molar-refractivity contribution in [3.63, 3.8) is 0 Å². The molecule has 0 radical (unpaired) electrons. The maximum Gasteiger partial charge on any atom is 0.490 e. The van der Waals surface area contributed by atoms with Crippen LogP contribution in [0, 0.1) is 5.41 Å². The van der Waals surface area contributed by atoms with Crippen LogP contribution >= 0.6 is 0 Å². The Morgan fingerprint density at radius 2 is 1.67 bits per heavy atom. The van der Waals surface area contributed by atoms with E-state index in [0.717, 1.165) is 25.2 Å². The normalized spacial score (nSPS) is 21.3. The number of rotatable bonds is 3. The molecule has 2 saturated heterocycles. The first kappa shape index (κ1) is 22.7. The highest BCUT2D eigenvalue weighted by molar-refractivity contribution is 7.89. The van der Waals surface area contributed by atoms with Gasteiger partial charge in [0, 0.05) is 37.5 Å². The summed E-state index contributed by atoms with van der Waals surface area (Å²) in [5, 5.41) is 10.2.